The van der Waals surface area contributed by atoms with Crippen LogP contribution in [0, 0.1) is 13.8 Å². The second-order valence-electron chi connectivity index (χ2n) is 5.82. The van der Waals surface area contributed by atoms with Crippen LogP contribution in [-0.2, 0) is 17.8 Å². The molecule has 1 heterocycles. The average Bonchev–Trinajstić information content (AvgIpc) is 3.05. The van der Waals surface area contributed by atoms with Crippen LogP contribution in [0.25, 0.3) is 0 Å². The molecule has 0 bridgehead atoms. The third-order valence-corrected chi connectivity index (χ3v) is 4.35. The number of methoxy groups -OCH3 is 1. The first-order valence-electron chi connectivity index (χ1n) is 7.87. The Kier molecular flexibility index (Phi) is 4.60. The number of ether oxygens (including phenoxy) is 3. The van der Waals surface area contributed by atoms with Crippen LogP contribution in [0.15, 0.2) is 30.3 Å². The summed E-state index contributed by atoms with van der Waals surface area (Å²) in [6.07, 6.45) is 0.348. The van der Waals surface area contributed by atoms with Gasteiger partial charge in [-0.1, -0.05) is 12.1 Å². The molecule has 0 spiro atoms. The molecule has 2 aromatic carbocycles. The van der Waals surface area contributed by atoms with Gasteiger partial charge in [-0.05, 0) is 54.3 Å². The Morgan fingerprint density at radius 1 is 1.12 bits per heavy atom. The molecule has 1 aliphatic heterocycles. The van der Waals surface area contributed by atoms with Gasteiger partial charge in [-0.25, -0.2) is 0 Å². The SMILES string of the molecule is COc1ccc(CC(=O)NCc2ccc3c(c2)OCO3)c(C)c1C. The van der Waals surface area contributed by atoms with E-state index in [1.54, 1.807) is 7.11 Å². The van der Waals surface area contributed by atoms with Crippen molar-refractivity contribution in [1.82, 2.24) is 5.32 Å². The number of hydrogen-bond donors (Lipinski definition) is 1. The van der Waals surface area contributed by atoms with E-state index in [2.05, 4.69) is 5.32 Å². The highest BCUT2D eigenvalue weighted by atomic mass is 16.7. The zero-order chi connectivity index (χ0) is 17.1. The number of hydrogen-bond acceptors (Lipinski definition) is 4. The largest absolute Gasteiger partial charge is 0.496 e. The molecule has 0 atom stereocenters. The molecule has 0 saturated carbocycles. The lowest BCUT2D eigenvalue weighted by Gasteiger charge is -2.13. The molecule has 0 saturated heterocycles. The van der Waals surface area contributed by atoms with Gasteiger partial charge in [-0.15, -0.1) is 0 Å². The summed E-state index contributed by atoms with van der Waals surface area (Å²) in [6, 6.07) is 9.53. The zero-order valence-electron chi connectivity index (χ0n) is 14.1. The fourth-order valence-electron chi connectivity index (χ4n) is 2.75. The Hall–Kier alpha value is -2.69. The lowest BCUT2D eigenvalue weighted by atomic mass is 10.00. The third-order valence-electron chi connectivity index (χ3n) is 4.35. The highest BCUT2D eigenvalue weighted by Gasteiger charge is 2.14. The summed E-state index contributed by atoms with van der Waals surface area (Å²) in [7, 11) is 1.65. The van der Waals surface area contributed by atoms with E-state index in [1.807, 2.05) is 44.2 Å². The van der Waals surface area contributed by atoms with E-state index in [9.17, 15) is 4.79 Å². The van der Waals surface area contributed by atoms with Crippen molar-refractivity contribution < 1.29 is 19.0 Å². The summed E-state index contributed by atoms with van der Waals surface area (Å²) in [6.45, 7) is 4.73. The van der Waals surface area contributed by atoms with E-state index in [4.69, 9.17) is 14.2 Å². The average molecular weight is 327 g/mol. The van der Waals surface area contributed by atoms with Gasteiger partial charge in [0.05, 0.1) is 13.5 Å². The van der Waals surface area contributed by atoms with Crippen molar-refractivity contribution in [1.29, 1.82) is 0 Å². The number of nitrogens with one attached hydrogen (secondary N) is 1. The second kappa shape index (κ2) is 6.83. The van der Waals surface area contributed by atoms with Gasteiger partial charge in [0.2, 0.25) is 12.7 Å². The van der Waals surface area contributed by atoms with Gasteiger partial charge in [-0.3, -0.25) is 4.79 Å². The van der Waals surface area contributed by atoms with Crippen molar-refractivity contribution in [2.75, 3.05) is 13.9 Å². The fourth-order valence-corrected chi connectivity index (χ4v) is 2.75. The van der Waals surface area contributed by atoms with E-state index in [0.29, 0.717) is 13.0 Å². The van der Waals surface area contributed by atoms with Crippen molar-refractivity contribution in [3.63, 3.8) is 0 Å². The molecule has 5 heteroatoms. The van der Waals surface area contributed by atoms with E-state index >= 15 is 0 Å². The molecule has 1 aliphatic rings. The molecule has 5 nitrogen and oxygen atoms in total. The van der Waals surface area contributed by atoms with E-state index in [1.165, 1.54) is 0 Å². The minimum atomic E-state index is -0.0136. The molecule has 3 rings (SSSR count). The predicted octanol–water partition coefficient (Wildman–Crippen LogP) is 2.90. The molecule has 0 fully saturated rings. The highest BCUT2D eigenvalue weighted by Crippen LogP contribution is 2.32. The summed E-state index contributed by atoms with van der Waals surface area (Å²) < 4.78 is 15.9. The standard InChI is InChI=1S/C19H21NO4/c1-12-13(2)16(22-3)7-5-15(12)9-19(21)20-10-14-4-6-17-18(8-14)24-11-23-17/h4-8H,9-11H2,1-3H3,(H,20,21). The Morgan fingerprint density at radius 3 is 2.71 bits per heavy atom. The number of fused-ring (bicyclic) bond motifs is 1. The zero-order valence-corrected chi connectivity index (χ0v) is 14.1. The molecule has 0 aromatic heterocycles. The van der Waals surface area contributed by atoms with E-state index in [-0.39, 0.29) is 12.7 Å². The van der Waals surface area contributed by atoms with Crippen molar-refractivity contribution in [2.45, 2.75) is 26.8 Å². The summed E-state index contributed by atoms with van der Waals surface area (Å²) in [5.41, 5.74) is 4.15. The molecule has 1 amide bonds. The molecular formula is C19H21NO4. The van der Waals surface area contributed by atoms with Crippen LogP contribution < -0.4 is 19.5 Å². The maximum Gasteiger partial charge on any atom is 0.231 e. The van der Waals surface area contributed by atoms with Gasteiger partial charge < -0.3 is 19.5 Å². The first-order chi connectivity index (χ1) is 11.6. The van der Waals surface area contributed by atoms with Crippen LogP contribution in [-0.4, -0.2) is 19.8 Å². The lowest BCUT2D eigenvalue weighted by molar-refractivity contribution is -0.120. The minimum absolute atomic E-state index is 0.0136. The van der Waals surface area contributed by atoms with Crippen LogP contribution >= 0.6 is 0 Å². The maximum absolute atomic E-state index is 12.2. The van der Waals surface area contributed by atoms with Crippen LogP contribution in [0.2, 0.25) is 0 Å². The van der Waals surface area contributed by atoms with E-state index < -0.39 is 0 Å². The summed E-state index contributed by atoms with van der Waals surface area (Å²) in [4.78, 5) is 12.2. The minimum Gasteiger partial charge on any atom is -0.496 e. The van der Waals surface area contributed by atoms with Crippen LogP contribution in [0.4, 0.5) is 0 Å². The fraction of sp³-hybridized carbons (Fsp3) is 0.316. The first-order valence-corrected chi connectivity index (χ1v) is 7.87. The van der Waals surface area contributed by atoms with Gasteiger partial charge in [-0.2, -0.15) is 0 Å². The number of amides is 1. The molecule has 0 unspecified atom stereocenters. The number of carbonyl (C=O) groups is 1. The topological polar surface area (TPSA) is 56.8 Å². The van der Waals surface area contributed by atoms with Gasteiger partial charge in [0.1, 0.15) is 5.75 Å². The van der Waals surface area contributed by atoms with Crippen molar-refractivity contribution in [2.24, 2.45) is 0 Å². The molecule has 2 aromatic rings. The molecule has 126 valence electrons. The molecule has 1 N–H and O–H groups in total. The Bertz CT molecular complexity index is 770. The monoisotopic (exact) mass is 327 g/mol. The molecule has 0 radical (unpaired) electrons. The highest BCUT2D eigenvalue weighted by molar-refractivity contribution is 5.79. The second-order valence-corrected chi connectivity index (χ2v) is 5.82. The van der Waals surface area contributed by atoms with Gasteiger partial charge in [0.25, 0.3) is 0 Å². The lowest BCUT2D eigenvalue weighted by Crippen LogP contribution is -2.25. The smallest absolute Gasteiger partial charge is 0.231 e. The van der Waals surface area contributed by atoms with Crippen molar-refractivity contribution in [3.8, 4) is 17.2 Å². The first kappa shape index (κ1) is 16.2. The number of benzene rings is 2. The van der Waals surface area contributed by atoms with Gasteiger partial charge in [0, 0.05) is 6.54 Å². The summed E-state index contributed by atoms with van der Waals surface area (Å²) in [5.74, 6) is 2.30. The summed E-state index contributed by atoms with van der Waals surface area (Å²) in [5, 5.41) is 2.95. The van der Waals surface area contributed by atoms with Gasteiger partial charge >= 0.3 is 0 Å². The van der Waals surface area contributed by atoms with Crippen molar-refractivity contribution in [3.05, 3.63) is 52.6 Å². The quantitative estimate of drug-likeness (QED) is 0.917. The summed E-state index contributed by atoms with van der Waals surface area (Å²) >= 11 is 0. The van der Waals surface area contributed by atoms with Crippen molar-refractivity contribution >= 4 is 5.91 Å². The predicted molar refractivity (Wildman–Crippen MR) is 90.6 cm³/mol. The maximum atomic E-state index is 12.2. The normalized spacial score (nSPS) is 12.1. The number of rotatable bonds is 5. The van der Waals surface area contributed by atoms with Crippen LogP contribution in [0.5, 0.6) is 17.2 Å². The molecule has 0 aliphatic carbocycles. The van der Waals surface area contributed by atoms with Crippen LogP contribution in [0.3, 0.4) is 0 Å². The Balaban J connectivity index is 1.61. The van der Waals surface area contributed by atoms with Gasteiger partial charge in [0.15, 0.2) is 11.5 Å². The molecule has 24 heavy (non-hydrogen) atoms. The van der Waals surface area contributed by atoms with Crippen LogP contribution in [0.1, 0.15) is 22.3 Å². The number of carbonyl (C=O) groups excluding carboxylic acids is 1. The molecular weight excluding hydrogens is 306 g/mol. The Labute approximate surface area is 141 Å². The van der Waals surface area contributed by atoms with E-state index in [0.717, 1.165) is 39.5 Å². The Morgan fingerprint density at radius 2 is 1.92 bits per heavy atom. The third kappa shape index (κ3) is 3.30.